The van der Waals surface area contributed by atoms with E-state index in [1.54, 1.807) is 0 Å². The molecule has 106 valence electrons. The lowest BCUT2D eigenvalue weighted by atomic mass is 10.2. The molecule has 0 atom stereocenters. The van der Waals surface area contributed by atoms with E-state index in [-0.39, 0.29) is 9.79 Å². The molecule has 0 aliphatic carbocycles. The fourth-order valence-electron chi connectivity index (χ4n) is 1.84. The monoisotopic (exact) mass is 320 g/mol. The Labute approximate surface area is 122 Å². The SMILES string of the molecule is O=S1(=O)OS(=O)(=O)c2cc(C#Cc3ccccc3)ccc21. The van der Waals surface area contributed by atoms with Crippen molar-refractivity contribution in [1.82, 2.24) is 0 Å². The first-order chi connectivity index (χ1) is 9.88. The number of benzene rings is 2. The molecule has 0 saturated heterocycles. The Morgan fingerprint density at radius 3 is 2.05 bits per heavy atom. The van der Waals surface area contributed by atoms with Crippen molar-refractivity contribution in [3.63, 3.8) is 0 Å². The maximum Gasteiger partial charge on any atom is 0.313 e. The largest absolute Gasteiger partial charge is 0.313 e. The van der Waals surface area contributed by atoms with E-state index in [9.17, 15) is 16.8 Å². The summed E-state index contributed by atoms with van der Waals surface area (Å²) in [6.45, 7) is 0. The van der Waals surface area contributed by atoms with Gasteiger partial charge in [-0.2, -0.15) is 16.8 Å². The normalized spacial score (nSPS) is 17.5. The van der Waals surface area contributed by atoms with Crippen LogP contribution in [0, 0.1) is 11.8 Å². The van der Waals surface area contributed by atoms with E-state index in [0.29, 0.717) is 5.56 Å². The maximum absolute atomic E-state index is 11.6. The minimum Gasteiger partial charge on any atom is -0.193 e. The van der Waals surface area contributed by atoms with Crippen LogP contribution in [0.3, 0.4) is 0 Å². The third kappa shape index (κ3) is 2.56. The van der Waals surface area contributed by atoms with Crippen LogP contribution in [0.5, 0.6) is 0 Å². The Hall–Kier alpha value is -2.14. The highest BCUT2D eigenvalue weighted by atomic mass is 32.3. The Morgan fingerprint density at radius 2 is 1.33 bits per heavy atom. The van der Waals surface area contributed by atoms with Gasteiger partial charge in [0.2, 0.25) is 0 Å². The second-order valence-corrected chi connectivity index (χ2v) is 7.49. The summed E-state index contributed by atoms with van der Waals surface area (Å²) in [4.78, 5) is -0.727. The van der Waals surface area contributed by atoms with E-state index >= 15 is 0 Å². The van der Waals surface area contributed by atoms with Crippen LogP contribution in [0.25, 0.3) is 0 Å². The number of rotatable bonds is 0. The second kappa shape index (κ2) is 4.70. The van der Waals surface area contributed by atoms with Gasteiger partial charge in [-0.1, -0.05) is 30.0 Å². The molecule has 0 fully saturated rings. The number of hydrogen-bond donors (Lipinski definition) is 0. The first-order valence-corrected chi connectivity index (χ1v) is 8.62. The van der Waals surface area contributed by atoms with Crippen LogP contribution in [0.15, 0.2) is 58.3 Å². The molecule has 1 aliphatic rings. The zero-order valence-corrected chi connectivity index (χ0v) is 12.1. The minimum absolute atomic E-state index is 0.354. The molecule has 5 nitrogen and oxygen atoms in total. The molecule has 7 heteroatoms. The molecule has 0 N–H and O–H groups in total. The van der Waals surface area contributed by atoms with Crippen molar-refractivity contribution in [1.29, 1.82) is 0 Å². The molecule has 0 amide bonds. The molecule has 0 saturated carbocycles. The fourth-order valence-corrected chi connectivity index (χ4v) is 5.11. The average Bonchev–Trinajstić information content (AvgIpc) is 2.63. The van der Waals surface area contributed by atoms with Crippen molar-refractivity contribution in [2.75, 3.05) is 0 Å². The molecule has 2 aromatic rings. The van der Waals surface area contributed by atoms with Crippen molar-refractivity contribution < 1.29 is 20.5 Å². The highest BCUT2D eigenvalue weighted by Gasteiger charge is 2.40. The Balaban J connectivity index is 2.09. The summed E-state index contributed by atoms with van der Waals surface area (Å²) in [7, 11) is -8.51. The third-order valence-electron chi connectivity index (χ3n) is 2.79. The average molecular weight is 320 g/mol. The van der Waals surface area contributed by atoms with Gasteiger partial charge < -0.3 is 0 Å². The lowest BCUT2D eigenvalue weighted by molar-refractivity contribution is 0.475. The quantitative estimate of drug-likeness (QED) is 0.687. The van der Waals surface area contributed by atoms with Crippen molar-refractivity contribution in [3.8, 4) is 11.8 Å². The van der Waals surface area contributed by atoms with E-state index in [1.165, 1.54) is 18.2 Å². The zero-order valence-electron chi connectivity index (χ0n) is 10.5. The van der Waals surface area contributed by atoms with Crippen LogP contribution in [-0.4, -0.2) is 16.8 Å². The lowest BCUT2D eigenvalue weighted by Crippen LogP contribution is -2.01. The molecule has 0 bridgehead atoms. The summed E-state index contributed by atoms with van der Waals surface area (Å²) < 4.78 is 50.5. The third-order valence-corrected chi connectivity index (χ3v) is 6.12. The molecule has 1 heterocycles. The molecule has 1 aliphatic heterocycles. The second-order valence-electron chi connectivity index (χ2n) is 4.25. The van der Waals surface area contributed by atoms with Gasteiger partial charge in [-0.15, -0.1) is 3.63 Å². The summed E-state index contributed by atoms with van der Waals surface area (Å²) in [5.74, 6) is 5.66. The number of fused-ring (bicyclic) bond motifs is 1. The molecular weight excluding hydrogens is 312 g/mol. The summed E-state index contributed by atoms with van der Waals surface area (Å²) in [6, 6.07) is 13.0. The highest BCUT2D eigenvalue weighted by Crippen LogP contribution is 2.33. The molecule has 0 radical (unpaired) electrons. The predicted octanol–water partition coefficient (Wildman–Crippen LogP) is 1.49. The summed E-state index contributed by atoms with van der Waals surface area (Å²) in [5, 5.41) is 0. The Morgan fingerprint density at radius 1 is 0.714 bits per heavy atom. The van der Waals surface area contributed by atoms with Gasteiger partial charge in [-0.05, 0) is 30.3 Å². The van der Waals surface area contributed by atoms with E-state index < -0.39 is 20.2 Å². The van der Waals surface area contributed by atoms with Gasteiger partial charge in [0.25, 0.3) is 0 Å². The first kappa shape index (κ1) is 13.8. The van der Waals surface area contributed by atoms with Gasteiger partial charge >= 0.3 is 20.2 Å². The van der Waals surface area contributed by atoms with Crippen molar-refractivity contribution >= 4 is 20.2 Å². The van der Waals surface area contributed by atoms with E-state index in [1.807, 2.05) is 30.3 Å². The van der Waals surface area contributed by atoms with Gasteiger partial charge in [0.05, 0.1) is 0 Å². The van der Waals surface area contributed by atoms with Crippen LogP contribution < -0.4 is 0 Å². The molecule has 2 aromatic carbocycles. The van der Waals surface area contributed by atoms with E-state index in [2.05, 4.69) is 15.5 Å². The molecule has 21 heavy (non-hydrogen) atoms. The van der Waals surface area contributed by atoms with Crippen LogP contribution in [0.1, 0.15) is 11.1 Å². The van der Waals surface area contributed by atoms with Crippen LogP contribution in [0.2, 0.25) is 0 Å². The van der Waals surface area contributed by atoms with Crippen molar-refractivity contribution in [2.24, 2.45) is 0 Å². The minimum atomic E-state index is -4.27. The molecular formula is C14H8O5S2. The van der Waals surface area contributed by atoms with Gasteiger partial charge in [0.1, 0.15) is 9.79 Å². The van der Waals surface area contributed by atoms with Crippen molar-refractivity contribution in [2.45, 2.75) is 9.79 Å². The Bertz CT molecular complexity index is 979. The van der Waals surface area contributed by atoms with E-state index in [4.69, 9.17) is 0 Å². The maximum atomic E-state index is 11.6. The van der Waals surface area contributed by atoms with Crippen LogP contribution >= 0.6 is 0 Å². The van der Waals surface area contributed by atoms with Crippen LogP contribution in [0.4, 0.5) is 0 Å². The first-order valence-electron chi connectivity index (χ1n) is 5.81. The fraction of sp³-hybridized carbons (Fsp3) is 0. The summed E-state index contributed by atoms with van der Waals surface area (Å²) >= 11 is 0. The highest BCUT2D eigenvalue weighted by molar-refractivity contribution is 8.02. The standard InChI is InChI=1S/C14H8O5S2/c15-20(16)13-9-8-12(10-14(13)21(17,18)19-20)7-6-11-4-2-1-3-5-11/h1-5,8-10H. The summed E-state index contributed by atoms with van der Waals surface area (Å²) in [5.41, 5.74) is 1.16. The molecule has 0 unspecified atom stereocenters. The Kier molecular flexibility index (Phi) is 3.10. The molecule has 0 aromatic heterocycles. The van der Waals surface area contributed by atoms with Crippen molar-refractivity contribution in [3.05, 3.63) is 59.7 Å². The van der Waals surface area contributed by atoms with Gasteiger partial charge in [0, 0.05) is 11.1 Å². The van der Waals surface area contributed by atoms with Gasteiger partial charge in [-0.3, -0.25) is 0 Å². The smallest absolute Gasteiger partial charge is 0.193 e. The van der Waals surface area contributed by atoms with E-state index in [0.717, 1.165) is 5.56 Å². The predicted molar refractivity (Wildman–Crippen MR) is 74.3 cm³/mol. The molecule has 0 spiro atoms. The van der Waals surface area contributed by atoms with Gasteiger partial charge in [0.15, 0.2) is 0 Å². The molecule has 3 rings (SSSR count). The van der Waals surface area contributed by atoms with Gasteiger partial charge in [-0.25, -0.2) is 0 Å². The topological polar surface area (TPSA) is 77.5 Å². The number of hydrogen-bond acceptors (Lipinski definition) is 5. The lowest BCUT2D eigenvalue weighted by Gasteiger charge is -1.95. The summed E-state index contributed by atoms with van der Waals surface area (Å²) in [6.07, 6.45) is 0. The van der Waals surface area contributed by atoms with Crippen LogP contribution in [-0.2, 0) is 23.9 Å². The zero-order chi connectivity index (χ0) is 15.1.